The van der Waals surface area contributed by atoms with Crippen molar-refractivity contribution in [3.8, 4) is 0 Å². The number of nitrogens with one attached hydrogen (secondary N) is 1. The molecule has 2 amide bonds. The van der Waals surface area contributed by atoms with Crippen LogP contribution in [0, 0.1) is 19.3 Å². The van der Waals surface area contributed by atoms with Gasteiger partial charge in [0.15, 0.2) is 0 Å². The molecule has 1 aliphatic heterocycles. The molecule has 1 N–H and O–H groups in total. The molecule has 0 bridgehead atoms. The molecule has 3 rings (SSSR count). The molecule has 0 fully saturated rings. The van der Waals surface area contributed by atoms with E-state index in [1.807, 2.05) is 38.1 Å². The number of anilines is 1. The predicted octanol–water partition coefficient (Wildman–Crippen LogP) is 4.51. The standard InChI is InChI=1S/C22H25ClN2O2/c1-14-11-15(2)19(18(23)12-14)24-20(26)22(3,4)21(27)25-10-9-16-7-5-6-8-17(16)13-25/h5-8,11-12H,9-10,13H2,1-4H3,(H,24,26). The van der Waals surface area contributed by atoms with Gasteiger partial charge in [-0.1, -0.05) is 41.9 Å². The highest BCUT2D eigenvalue weighted by Gasteiger charge is 2.40. The number of fused-ring (bicyclic) bond motifs is 1. The lowest BCUT2D eigenvalue weighted by atomic mass is 9.88. The van der Waals surface area contributed by atoms with E-state index in [2.05, 4.69) is 11.4 Å². The number of carbonyl (C=O) groups excluding carboxylic acids is 2. The maximum atomic E-state index is 13.1. The maximum absolute atomic E-state index is 13.1. The number of amides is 2. The first kappa shape index (κ1) is 19.4. The van der Waals surface area contributed by atoms with Crippen LogP contribution in [-0.4, -0.2) is 23.3 Å². The monoisotopic (exact) mass is 384 g/mol. The van der Waals surface area contributed by atoms with Crippen molar-refractivity contribution < 1.29 is 9.59 Å². The summed E-state index contributed by atoms with van der Waals surface area (Å²) in [6.07, 6.45) is 0.808. The second-order valence-corrected chi connectivity index (χ2v) is 8.17. The van der Waals surface area contributed by atoms with Gasteiger partial charge in [-0.25, -0.2) is 0 Å². The number of nitrogens with zero attached hydrogens (tertiary/aromatic N) is 1. The zero-order valence-electron chi connectivity index (χ0n) is 16.2. The molecule has 2 aromatic carbocycles. The van der Waals surface area contributed by atoms with Gasteiger partial charge in [-0.05, 0) is 62.4 Å². The van der Waals surface area contributed by atoms with Crippen LogP contribution in [0.25, 0.3) is 0 Å². The molecule has 27 heavy (non-hydrogen) atoms. The van der Waals surface area contributed by atoms with E-state index in [-0.39, 0.29) is 11.8 Å². The smallest absolute Gasteiger partial charge is 0.239 e. The Hall–Kier alpha value is -2.33. The molecule has 5 heteroatoms. The maximum Gasteiger partial charge on any atom is 0.239 e. The largest absolute Gasteiger partial charge is 0.337 e. The highest BCUT2D eigenvalue weighted by Crippen LogP contribution is 2.31. The van der Waals surface area contributed by atoms with E-state index in [0.717, 1.165) is 23.1 Å². The fourth-order valence-electron chi connectivity index (χ4n) is 3.51. The summed E-state index contributed by atoms with van der Waals surface area (Å²) in [5.74, 6) is -0.518. The van der Waals surface area contributed by atoms with Crippen molar-refractivity contribution in [2.75, 3.05) is 11.9 Å². The van der Waals surface area contributed by atoms with Crippen molar-refractivity contribution in [2.24, 2.45) is 5.41 Å². The fraction of sp³-hybridized carbons (Fsp3) is 0.364. The topological polar surface area (TPSA) is 49.4 Å². The summed E-state index contributed by atoms with van der Waals surface area (Å²) in [5.41, 5.74) is 3.70. The summed E-state index contributed by atoms with van der Waals surface area (Å²) >= 11 is 6.30. The van der Waals surface area contributed by atoms with Crippen LogP contribution in [0.5, 0.6) is 0 Å². The molecule has 0 saturated carbocycles. The highest BCUT2D eigenvalue weighted by atomic mass is 35.5. The summed E-state index contributed by atoms with van der Waals surface area (Å²) in [6, 6.07) is 11.9. The zero-order valence-corrected chi connectivity index (χ0v) is 17.0. The molecule has 1 aliphatic rings. The molecule has 0 atom stereocenters. The van der Waals surface area contributed by atoms with Crippen molar-refractivity contribution >= 4 is 29.1 Å². The zero-order chi connectivity index (χ0) is 19.8. The van der Waals surface area contributed by atoms with Crippen molar-refractivity contribution in [2.45, 2.75) is 40.7 Å². The third-order valence-corrected chi connectivity index (χ3v) is 5.49. The predicted molar refractivity (Wildman–Crippen MR) is 109 cm³/mol. The highest BCUT2D eigenvalue weighted by molar-refractivity contribution is 6.34. The van der Waals surface area contributed by atoms with Gasteiger partial charge < -0.3 is 10.2 Å². The lowest BCUT2D eigenvalue weighted by Crippen LogP contribution is -2.48. The Morgan fingerprint density at radius 3 is 2.44 bits per heavy atom. The Labute approximate surface area is 165 Å². The number of hydrogen-bond donors (Lipinski definition) is 1. The van der Waals surface area contributed by atoms with Crippen molar-refractivity contribution in [1.82, 2.24) is 4.90 Å². The van der Waals surface area contributed by atoms with Crippen LogP contribution in [0.2, 0.25) is 5.02 Å². The van der Waals surface area contributed by atoms with Crippen LogP contribution in [0.3, 0.4) is 0 Å². The minimum atomic E-state index is -1.19. The Balaban J connectivity index is 1.78. The van der Waals surface area contributed by atoms with Gasteiger partial charge in [-0.15, -0.1) is 0 Å². The number of carbonyl (C=O) groups is 2. The van der Waals surface area contributed by atoms with E-state index < -0.39 is 5.41 Å². The van der Waals surface area contributed by atoms with Gasteiger partial charge in [0.25, 0.3) is 0 Å². The van der Waals surface area contributed by atoms with Gasteiger partial charge in [0.05, 0.1) is 10.7 Å². The van der Waals surface area contributed by atoms with Gasteiger partial charge >= 0.3 is 0 Å². The Morgan fingerprint density at radius 2 is 1.78 bits per heavy atom. The van der Waals surface area contributed by atoms with Crippen molar-refractivity contribution in [3.05, 3.63) is 63.7 Å². The molecular weight excluding hydrogens is 360 g/mol. The molecule has 0 saturated heterocycles. The van der Waals surface area contributed by atoms with Gasteiger partial charge in [0.2, 0.25) is 11.8 Å². The second-order valence-electron chi connectivity index (χ2n) is 7.76. The van der Waals surface area contributed by atoms with E-state index in [1.54, 1.807) is 24.8 Å². The summed E-state index contributed by atoms with van der Waals surface area (Å²) in [5, 5.41) is 3.35. The quantitative estimate of drug-likeness (QED) is 0.791. The molecule has 0 aromatic heterocycles. The average Bonchev–Trinajstić information content (AvgIpc) is 2.63. The second kappa shape index (κ2) is 7.35. The van der Waals surface area contributed by atoms with Crippen LogP contribution in [-0.2, 0) is 22.6 Å². The molecule has 4 nitrogen and oxygen atoms in total. The molecule has 0 spiro atoms. The third-order valence-electron chi connectivity index (χ3n) is 5.19. The SMILES string of the molecule is Cc1cc(C)c(NC(=O)C(C)(C)C(=O)N2CCc3ccccc3C2)c(Cl)c1. The van der Waals surface area contributed by atoms with Crippen molar-refractivity contribution in [3.63, 3.8) is 0 Å². The van der Waals surface area contributed by atoms with Crippen LogP contribution in [0.15, 0.2) is 36.4 Å². The summed E-state index contributed by atoms with van der Waals surface area (Å²) in [4.78, 5) is 27.8. The third kappa shape index (κ3) is 3.86. The van der Waals surface area contributed by atoms with Gasteiger partial charge in [-0.2, -0.15) is 0 Å². The first-order chi connectivity index (χ1) is 12.7. The first-order valence-corrected chi connectivity index (χ1v) is 9.52. The molecule has 1 heterocycles. The average molecular weight is 385 g/mol. The van der Waals surface area contributed by atoms with E-state index in [4.69, 9.17) is 11.6 Å². The van der Waals surface area contributed by atoms with Gasteiger partial charge in [-0.3, -0.25) is 9.59 Å². The lowest BCUT2D eigenvalue weighted by molar-refractivity contribution is -0.147. The van der Waals surface area contributed by atoms with E-state index >= 15 is 0 Å². The van der Waals surface area contributed by atoms with Crippen LogP contribution in [0.1, 0.15) is 36.1 Å². The molecule has 0 unspecified atom stereocenters. The molecule has 0 aliphatic carbocycles. The molecule has 142 valence electrons. The van der Waals surface area contributed by atoms with E-state index in [0.29, 0.717) is 23.8 Å². The van der Waals surface area contributed by atoms with E-state index in [9.17, 15) is 9.59 Å². The van der Waals surface area contributed by atoms with Gasteiger partial charge in [0, 0.05) is 13.1 Å². The normalized spacial score (nSPS) is 13.9. The number of aryl methyl sites for hydroxylation is 2. The van der Waals surface area contributed by atoms with Crippen LogP contribution in [0.4, 0.5) is 5.69 Å². The summed E-state index contributed by atoms with van der Waals surface area (Å²) < 4.78 is 0. The van der Waals surface area contributed by atoms with E-state index in [1.165, 1.54) is 5.56 Å². The van der Waals surface area contributed by atoms with Crippen molar-refractivity contribution in [1.29, 1.82) is 0 Å². The number of benzene rings is 2. The van der Waals surface area contributed by atoms with Crippen LogP contribution >= 0.6 is 11.6 Å². The number of hydrogen-bond acceptors (Lipinski definition) is 2. The molecule has 2 aromatic rings. The lowest BCUT2D eigenvalue weighted by Gasteiger charge is -2.34. The Kier molecular flexibility index (Phi) is 5.29. The molecular formula is C22H25ClN2O2. The number of rotatable bonds is 3. The minimum Gasteiger partial charge on any atom is -0.337 e. The van der Waals surface area contributed by atoms with Crippen LogP contribution < -0.4 is 5.32 Å². The minimum absolute atomic E-state index is 0.171. The molecule has 0 radical (unpaired) electrons. The Morgan fingerprint density at radius 1 is 1.11 bits per heavy atom. The first-order valence-electron chi connectivity index (χ1n) is 9.14. The Bertz CT molecular complexity index is 882. The fourth-order valence-corrected chi connectivity index (χ4v) is 3.87. The summed E-state index contributed by atoms with van der Waals surface area (Å²) in [7, 11) is 0. The number of halogens is 1. The summed E-state index contributed by atoms with van der Waals surface area (Å²) in [6.45, 7) is 8.34. The van der Waals surface area contributed by atoms with Gasteiger partial charge in [0.1, 0.15) is 5.41 Å².